The molecule has 0 saturated heterocycles. The van der Waals surface area contributed by atoms with E-state index in [-0.39, 0.29) is 30.9 Å². The second-order valence-electron chi connectivity index (χ2n) is 6.76. The summed E-state index contributed by atoms with van der Waals surface area (Å²) in [5, 5.41) is 0. The molecule has 1 amide bonds. The van der Waals surface area contributed by atoms with Crippen molar-refractivity contribution >= 4 is 29.2 Å². The summed E-state index contributed by atoms with van der Waals surface area (Å²) in [5.74, 6) is 0.418. The number of anilines is 1. The first-order valence-electron chi connectivity index (χ1n) is 9.87. The summed E-state index contributed by atoms with van der Waals surface area (Å²) in [7, 11) is 1.51. The van der Waals surface area contributed by atoms with Crippen LogP contribution in [0.3, 0.4) is 0 Å². The lowest BCUT2D eigenvalue weighted by molar-refractivity contribution is -0.146. The van der Waals surface area contributed by atoms with Crippen LogP contribution in [0.5, 0.6) is 11.5 Å². The van der Waals surface area contributed by atoms with Crippen LogP contribution in [-0.2, 0) is 14.3 Å². The molecule has 30 heavy (non-hydrogen) atoms. The molecule has 1 atom stereocenters. The SMILES string of the molecule is CCOC(=O)[C@@H](c1ccc(OC(C)C)cc1)N(C(=O)CCCl)c1ccccc1OC. The van der Waals surface area contributed by atoms with Gasteiger partial charge in [0.1, 0.15) is 11.5 Å². The van der Waals surface area contributed by atoms with Gasteiger partial charge in [0.05, 0.1) is 25.5 Å². The molecule has 2 rings (SSSR count). The van der Waals surface area contributed by atoms with E-state index in [0.29, 0.717) is 22.7 Å². The molecule has 162 valence electrons. The van der Waals surface area contributed by atoms with E-state index in [0.717, 1.165) is 0 Å². The zero-order valence-electron chi connectivity index (χ0n) is 17.8. The number of benzene rings is 2. The van der Waals surface area contributed by atoms with Gasteiger partial charge >= 0.3 is 5.97 Å². The van der Waals surface area contributed by atoms with Gasteiger partial charge in [0.2, 0.25) is 5.91 Å². The number of methoxy groups -OCH3 is 1. The van der Waals surface area contributed by atoms with Crippen molar-refractivity contribution in [3.63, 3.8) is 0 Å². The zero-order chi connectivity index (χ0) is 22.1. The first kappa shape index (κ1) is 23.5. The summed E-state index contributed by atoms with van der Waals surface area (Å²) in [5.41, 5.74) is 1.06. The van der Waals surface area contributed by atoms with E-state index >= 15 is 0 Å². The Labute approximate surface area is 182 Å². The van der Waals surface area contributed by atoms with E-state index in [1.54, 1.807) is 55.5 Å². The monoisotopic (exact) mass is 433 g/mol. The van der Waals surface area contributed by atoms with Crippen LogP contribution >= 0.6 is 11.6 Å². The lowest BCUT2D eigenvalue weighted by atomic mass is 10.0. The van der Waals surface area contributed by atoms with Crippen molar-refractivity contribution in [2.24, 2.45) is 0 Å². The van der Waals surface area contributed by atoms with Crippen molar-refractivity contribution in [2.75, 3.05) is 24.5 Å². The first-order chi connectivity index (χ1) is 14.4. The normalized spacial score (nSPS) is 11.7. The average Bonchev–Trinajstić information content (AvgIpc) is 2.72. The van der Waals surface area contributed by atoms with Crippen molar-refractivity contribution in [3.05, 3.63) is 54.1 Å². The molecule has 0 N–H and O–H groups in total. The number of amides is 1. The second kappa shape index (κ2) is 11.5. The Morgan fingerprint density at radius 1 is 1.07 bits per heavy atom. The van der Waals surface area contributed by atoms with Gasteiger partial charge in [-0.15, -0.1) is 11.6 Å². The molecular formula is C23H28ClNO5. The Balaban J connectivity index is 2.58. The number of halogens is 1. The largest absolute Gasteiger partial charge is 0.495 e. The molecule has 0 aliphatic heterocycles. The van der Waals surface area contributed by atoms with E-state index < -0.39 is 12.0 Å². The van der Waals surface area contributed by atoms with Crippen molar-refractivity contribution in [1.82, 2.24) is 0 Å². The molecular weight excluding hydrogens is 406 g/mol. The average molecular weight is 434 g/mol. The quantitative estimate of drug-likeness (QED) is 0.399. The Bertz CT molecular complexity index is 838. The fraction of sp³-hybridized carbons (Fsp3) is 0.391. The smallest absolute Gasteiger partial charge is 0.333 e. The van der Waals surface area contributed by atoms with Crippen LogP contribution in [0.15, 0.2) is 48.5 Å². The third-order valence-corrected chi connectivity index (χ3v) is 4.45. The van der Waals surface area contributed by atoms with Crippen LogP contribution in [0.25, 0.3) is 0 Å². The molecule has 0 spiro atoms. The van der Waals surface area contributed by atoms with Crippen LogP contribution in [-0.4, -0.2) is 37.6 Å². The lowest BCUT2D eigenvalue weighted by Gasteiger charge is -2.31. The number of nitrogens with zero attached hydrogens (tertiary/aromatic N) is 1. The Morgan fingerprint density at radius 3 is 2.30 bits per heavy atom. The molecule has 0 unspecified atom stereocenters. The summed E-state index contributed by atoms with van der Waals surface area (Å²) in [6.45, 7) is 5.78. The predicted molar refractivity (Wildman–Crippen MR) is 117 cm³/mol. The van der Waals surface area contributed by atoms with Gasteiger partial charge in [-0.1, -0.05) is 24.3 Å². The summed E-state index contributed by atoms with van der Waals surface area (Å²) in [6, 6.07) is 13.1. The highest BCUT2D eigenvalue weighted by molar-refractivity contribution is 6.19. The van der Waals surface area contributed by atoms with Gasteiger partial charge in [0, 0.05) is 12.3 Å². The minimum absolute atomic E-state index is 0.0204. The highest BCUT2D eigenvalue weighted by Crippen LogP contribution is 2.36. The van der Waals surface area contributed by atoms with Gasteiger partial charge < -0.3 is 14.2 Å². The van der Waals surface area contributed by atoms with Crippen LogP contribution in [0.1, 0.15) is 38.8 Å². The topological polar surface area (TPSA) is 65.1 Å². The number of alkyl halides is 1. The molecule has 2 aromatic carbocycles. The Kier molecular flexibility index (Phi) is 8.99. The third kappa shape index (κ3) is 5.89. The highest BCUT2D eigenvalue weighted by atomic mass is 35.5. The first-order valence-corrected chi connectivity index (χ1v) is 10.4. The van der Waals surface area contributed by atoms with Gasteiger partial charge in [0.25, 0.3) is 0 Å². The van der Waals surface area contributed by atoms with Gasteiger partial charge in [-0.3, -0.25) is 9.69 Å². The fourth-order valence-corrected chi connectivity index (χ4v) is 3.22. The number of ether oxygens (including phenoxy) is 3. The number of hydrogen-bond donors (Lipinski definition) is 0. The zero-order valence-corrected chi connectivity index (χ0v) is 18.5. The molecule has 2 aromatic rings. The minimum atomic E-state index is -0.995. The molecule has 0 bridgehead atoms. The summed E-state index contributed by atoms with van der Waals surface area (Å²) in [6.07, 6.45) is 0.0800. The summed E-state index contributed by atoms with van der Waals surface area (Å²) in [4.78, 5) is 27.5. The van der Waals surface area contributed by atoms with Gasteiger partial charge in [-0.2, -0.15) is 0 Å². The van der Waals surface area contributed by atoms with E-state index in [1.165, 1.54) is 12.0 Å². The maximum Gasteiger partial charge on any atom is 0.333 e. The molecule has 0 radical (unpaired) electrons. The minimum Gasteiger partial charge on any atom is -0.495 e. The number of carbonyl (C=O) groups excluding carboxylic acids is 2. The van der Waals surface area contributed by atoms with E-state index in [4.69, 9.17) is 25.8 Å². The molecule has 0 aliphatic carbocycles. The fourth-order valence-electron chi connectivity index (χ4n) is 3.06. The molecule has 0 heterocycles. The molecule has 0 aromatic heterocycles. The standard InChI is InChI=1S/C23H28ClNO5/c1-5-29-23(27)22(17-10-12-18(13-11-17)30-16(2)3)25(21(26)14-15-24)19-8-6-7-9-20(19)28-4/h6-13,16,22H,5,14-15H2,1-4H3/t22-/m1/s1. The third-order valence-electron chi connectivity index (χ3n) is 4.26. The van der Waals surface area contributed by atoms with Crippen molar-refractivity contribution in [2.45, 2.75) is 39.3 Å². The number of para-hydroxylation sites is 2. The maximum atomic E-state index is 13.1. The van der Waals surface area contributed by atoms with Crippen molar-refractivity contribution < 1.29 is 23.8 Å². The van der Waals surface area contributed by atoms with Crippen LogP contribution in [0, 0.1) is 0 Å². The molecule has 6 nitrogen and oxygen atoms in total. The Hall–Kier alpha value is -2.73. The summed E-state index contributed by atoms with van der Waals surface area (Å²) >= 11 is 5.85. The van der Waals surface area contributed by atoms with Gasteiger partial charge in [-0.25, -0.2) is 4.79 Å². The van der Waals surface area contributed by atoms with Gasteiger partial charge in [0.15, 0.2) is 6.04 Å². The molecule has 7 heteroatoms. The van der Waals surface area contributed by atoms with E-state index in [9.17, 15) is 9.59 Å². The van der Waals surface area contributed by atoms with Gasteiger partial charge in [-0.05, 0) is 50.6 Å². The molecule has 0 fully saturated rings. The van der Waals surface area contributed by atoms with Crippen LogP contribution in [0.4, 0.5) is 5.69 Å². The van der Waals surface area contributed by atoms with E-state index in [2.05, 4.69) is 0 Å². The number of rotatable bonds is 10. The number of esters is 1. The summed E-state index contributed by atoms with van der Waals surface area (Å²) < 4.78 is 16.5. The molecule has 0 saturated carbocycles. The van der Waals surface area contributed by atoms with Crippen LogP contribution < -0.4 is 14.4 Å². The predicted octanol–water partition coefficient (Wildman–Crippen LogP) is 4.75. The number of hydrogen-bond acceptors (Lipinski definition) is 5. The highest BCUT2D eigenvalue weighted by Gasteiger charge is 2.35. The molecule has 0 aliphatic rings. The number of carbonyl (C=O) groups is 2. The van der Waals surface area contributed by atoms with Crippen LogP contribution in [0.2, 0.25) is 0 Å². The van der Waals surface area contributed by atoms with Crippen molar-refractivity contribution in [3.8, 4) is 11.5 Å². The van der Waals surface area contributed by atoms with Crippen molar-refractivity contribution in [1.29, 1.82) is 0 Å². The lowest BCUT2D eigenvalue weighted by Crippen LogP contribution is -2.40. The Morgan fingerprint density at radius 2 is 1.73 bits per heavy atom. The van der Waals surface area contributed by atoms with E-state index in [1.807, 2.05) is 13.8 Å². The second-order valence-corrected chi connectivity index (χ2v) is 7.14. The maximum absolute atomic E-state index is 13.1.